The molecule has 0 unspecified atom stereocenters. The van der Waals surface area contributed by atoms with Crippen molar-refractivity contribution in [2.75, 3.05) is 0 Å². The number of nitrogens with two attached hydrogens (primary N) is 1. The van der Waals surface area contributed by atoms with Crippen LogP contribution < -0.4 is 11.2 Å². The highest BCUT2D eigenvalue weighted by Crippen LogP contribution is 2.10. The third-order valence-electron chi connectivity index (χ3n) is 1.75. The molecule has 0 fully saturated rings. The number of phenolic OH excluding ortho intramolecular Hbond substituents is 1. The molecule has 0 saturated heterocycles. The van der Waals surface area contributed by atoms with Crippen LogP contribution in [0.2, 0.25) is 0 Å². The largest absolute Gasteiger partial charge is 0.508 e. The fraction of sp³-hybridized carbons (Fsp3) is 0.0909. The van der Waals surface area contributed by atoms with Crippen LogP contribution in [0.15, 0.2) is 35.4 Å². The number of amides is 2. The van der Waals surface area contributed by atoms with E-state index in [1.165, 1.54) is 0 Å². The number of phenols is 1. The van der Waals surface area contributed by atoms with Crippen LogP contribution in [-0.4, -0.2) is 16.8 Å². The number of hydrogen-bond acceptors (Lipinski definition) is 3. The fourth-order valence-electron chi connectivity index (χ4n) is 0.983. The maximum absolute atomic E-state index is 10.4. The van der Waals surface area contributed by atoms with E-state index < -0.39 is 6.03 Å². The second-order valence-electron chi connectivity index (χ2n) is 3.15. The van der Waals surface area contributed by atoms with E-state index in [0.717, 1.165) is 5.56 Å². The first kappa shape index (κ1) is 11.8. The minimum Gasteiger partial charge on any atom is -0.508 e. The lowest BCUT2D eigenvalue weighted by atomic mass is 10.2. The molecule has 0 saturated carbocycles. The SMILES string of the molecule is CC(C=Cc1ccc(O)cc1)=NNC(N)=O. The van der Waals surface area contributed by atoms with Crippen molar-refractivity contribution in [2.45, 2.75) is 6.92 Å². The molecule has 0 atom stereocenters. The molecule has 5 heteroatoms. The van der Waals surface area contributed by atoms with Gasteiger partial charge in [0.25, 0.3) is 0 Å². The van der Waals surface area contributed by atoms with Crippen LogP contribution >= 0.6 is 0 Å². The average Bonchev–Trinajstić information content (AvgIpc) is 2.25. The first-order valence-electron chi connectivity index (χ1n) is 4.65. The molecular formula is C11H13N3O2. The maximum Gasteiger partial charge on any atom is 0.332 e. The number of rotatable bonds is 3. The molecule has 16 heavy (non-hydrogen) atoms. The summed E-state index contributed by atoms with van der Waals surface area (Å²) >= 11 is 0. The van der Waals surface area contributed by atoms with Gasteiger partial charge in [-0.1, -0.05) is 18.2 Å². The zero-order valence-corrected chi connectivity index (χ0v) is 8.84. The van der Waals surface area contributed by atoms with Gasteiger partial charge in [-0.05, 0) is 30.7 Å². The zero-order valence-electron chi connectivity index (χ0n) is 8.84. The summed E-state index contributed by atoms with van der Waals surface area (Å²) in [6.07, 6.45) is 3.53. The molecule has 0 aromatic heterocycles. The summed E-state index contributed by atoms with van der Waals surface area (Å²) in [6.45, 7) is 1.73. The average molecular weight is 219 g/mol. The molecule has 5 nitrogen and oxygen atoms in total. The van der Waals surface area contributed by atoms with Gasteiger partial charge in [0.05, 0.1) is 5.71 Å². The number of urea groups is 1. The standard InChI is InChI=1S/C11H13N3O2/c1-8(13-14-11(12)16)2-3-9-4-6-10(15)7-5-9/h2-7,15H,1H3,(H3,12,14,16). The molecule has 0 radical (unpaired) electrons. The molecule has 1 aromatic carbocycles. The molecule has 0 aliphatic heterocycles. The van der Waals surface area contributed by atoms with E-state index in [2.05, 4.69) is 10.5 Å². The first-order chi connectivity index (χ1) is 7.58. The van der Waals surface area contributed by atoms with Gasteiger partial charge in [-0.25, -0.2) is 10.2 Å². The normalized spacial score (nSPS) is 11.7. The van der Waals surface area contributed by atoms with Crippen LogP contribution in [0.3, 0.4) is 0 Å². The molecule has 0 heterocycles. The Hall–Kier alpha value is -2.30. The van der Waals surface area contributed by atoms with Crippen LogP contribution in [-0.2, 0) is 0 Å². The third-order valence-corrected chi connectivity index (χ3v) is 1.75. The lowest BCUT2D eigenvalue weighted by molar-refractivity contribution is 0.249. The number of nitrogens with zero attached hydrogens (tertiary/aromatic N) is 1. The van der Waals surface area contributed by atoms with E-state index in [9.17, 15) is 4.79 Å². The number of carbonyl (C=O) groups excluding carboxylic acids is 1. The molecule has 84 valence electrons. The van der Waals surface area contributed by atoms with Crippen molar-refractivity contribution in [3.63, 3.8) is 0 Å². The highest BCUT2D eigenvalue weighted by molar-refractivity contribution is 5.96. The van der Waals surface area contributed by atoms with Crippen molar-refractivity contribution < 1.29 is 9.90 Å². The van der Waals surface area contributed by atoms with Gasteiger partial charge in [0.2, 0.25) is 0 Å². The Morgan fingerprint density at radius 3 is 2.62 bits per heavy atom. The predicted octanol–water partition coefficient (Wildman–Crippen LogP) is 1.45. The number of primary amides is 1. The molecular weight excluding hydrogens is 206 g/mol. The lowest BCUT2D eigenvalue weighted by Crippen LogP contribution is -2.25. The van der Waals surface area contributed by atoms with Crippen molar-refractivity contribution >= 4 is 17.8 Å². The van der Waals surface area contributed by atoms with Gasteiger partial charge in [-0.15, -0.1) is 0 Å². The van der Waals surface area contributed by atoms with E-state index in [1.807, 2.05) is 0 Å². The van der Waals surface area contributed by atoms with E-state index in [4.69, 9.17) is 10.8 Å². The number of hydrazone groups is 1. The maximum atomic E-state index is 10.4. The lowest BCUT2D eigenvalue weighted by Gasteiger charge is -1.95. The van der Waals surface area contributed by atoms with Crippen LogP contribution in [0.4, 0.5) is 4.79 Å². The molecule has 1 rings (SSSR count). The van der Waals surface area contributed by atoms with Gasteiger partial charge in [-0.2, -0.15) is 5.10 Å². The summed E-state index contributed by atoms with van der Waals surface area (Å²) in [4.78, 5) is 10.4. The zero-order chi connectivity index (χ0) is 12.0. The van der Waals surface area contributed by atoms with Gasteiger partial charge in [0.1, 0.15) is 5.75 Å². The molecule has 0 bridgehead atoms. The molecule has 0 spiro atoms. The van der Waals surface area contributed by atoms with Gasteiger partial charge in [-0.3, -0.25) is 0 Å². The Kier molecular flexibility index (Phi) is 4.08. The molecule has 0 aliphatic rings. The van der Waals surface area contributed by atoms with E-state index in [1.54, 1.807) is 43.3 Å². The second-order valence-corrected chi connectivity index (χ2v) is 3.15. The number of benzene rings is 1. The monoisotopic (exact) mass is 219 g/mol. The van der Waals surface area contributed by atoms with E-state index in [0.29, 0.717) is 5.71 Å². The number of aromatic hydroxyl groups is 1. The topological polar surface area (TPSA) is 87.7 Å². The molecule has 2 amide bonds. The fourth-order valence-corrected chi connectivity index (χ4v) is 0.983. The van der Waals surface area contributed by atoms with E-state index in [-0.39, 0.29) is 5.75 Å². The number of hydrogen-bond donors (Lipinski definition) is 3. The Morgan fingerprint density at radius 1 is 1.44 bits per heavy atom. The molecule has 4 N–H and O–H groups in total. The number of allylic oxidation sites excluding steroid dienone is 1. The van der Waals surface area contributed by atoms with Gasteiger partial charge >= 0.3 is 6.03 Å². The van der Waals surface area contributed by atoms with Gasteiger partial charge < -0.3 is 10.8 Å². The summed E-state index contributed by atoms with van der Waals surface area (Å²) in [5, 5.41) is 12.8. The molecule has 0 aliphatic carbocycles. The Labute approximate surface area is 93.3 Å². The summed E-state index contributed by atoms with van der Waals surface area (Å²) in [7, 11) is 0. The van der Waals surface area contributed by atoms with Crippen LogP contribution in [0.1, 0.15) is 12.5 Å². The smallest absolute Gasteiger partial charge is 0.332 e. The first-order valence-corrected chi connectivity index (χ1v) is 4.65. The molecule has 1 aromatic rings. The van der Waals surface area contributed by atoms with Crippen LogP contribution in [0.5, 0.6) is 5.75 Å². The van der Waals surface area contributed by atoms with Crippen LogP contribution in [0.25, 0.3) is 6.08 Å². The summed E-state index contributed by atoms with van der Waals surface area (Å²) < 4.78 is 0. The minimum absolute atomic E-state index is 0.220. The third kappa shape index (κ3) is 4.28. The van der Waals surface area contributed by atoms with Crippen molar-refractivity contribution in [1.29, 1.82) is 0 Å². The number of carbonyl (C=O) groups is 1. The summed E-state index contributed by atoms with van der Waals surface area (Å²) in [5.74, 6) is 0.220. The van der Waals surface area contributed by atoms with Crippen molar-refractivity contribution in [3.8, 4) is 5.75 Å². The van der Waals surface area contributed by atoms with Crippen LogP contribution in [0, 0.1) is 0 Å². The summed E-state index contributed by atoms with van der Waals surface area (Å²) in [5.41, 5.74) is 8.52. The van der Waals surface area contributed by atoms with Crippen molar-refractivity contribution in [2.24, 2.45) is 10.8 Å². The minimum atomic E-state index is -0.697. The highest BCUT2D eigenvalue weighted by Gasteiger charge is 1.90. The predicted molar refractivity (Wildman–Crippen MR) is 63.0 cm³/mol. The van der Waals surface area contributed by atoms with Crippen molar-refractivity contribution in [1.82, 2.24) is 5.43 Å². The quantitative estimate of drug-likeness (QED) is 0.530. The second kappa shape index (κ2) is 5.55. The highest BCUT2D eigenvalue weighted by atomic mass is 16.3. The summed E-state index contributed by atoms with van der Waals surface area (Å²) in [6, 6.07) is 6.01. The Bertz CT molecular complexity index is 421. The van der Waals surface area contributed by atoms with Crippen molar-refractivity contribution in [3.05, 3.63) is 35.9 Å². The van der Waals surface area contributed by atoms with Gasteiger partial charge in [0, 0.05) is 0 Å². The van der Waals surface area contributed by atoms with E-state index >= 15 is 0 Å². The Balaban J connectivity index is 2.62. The number of nitrogens with one attached hydrogen (secondary N) is 1. The Morgan fingerprint density at radius 2 is 2.06 bits per heavy atom. The van der Waals surface area contributed by atoms with Gasteiger partial charge in [0.15, 0.2) is 0 Å².